The number of ether oxygens (including phenoxy) is 1. The van der Waals surface area contributed by atoms with E-state index in [2.05, 4.69) is 10.2 Å². The summed E-state index contributed by atoms with van der Waals surface area (Å²) in [6, 6.07) is 0. The van der Waals surface area contributed by atoms with Crippen LogP contribution in [0.15, 0.2) is 11.2 Å². The van der Waals surface area contributed by atoms with Crippen molar-refractivity contribution in [3.05, 3.63) is 11.8 Å². The van der Waals surface area contributed by atoms with E-state index in [4.69, 9.17) is 9.84 Å². The Balaban J connectivity index is 2.20. The van der Waals surface area contributed by atoms with Crippen LogP contribution in [0, 0.1) is 0 Å². The van der Waals surface area contributed by atoms with Crippen molar-refractivity contribution in [1.82, 2.24) is 14.5 Å². The third-order valence-corrected chi connectivity index (χ3v) is 5.07. The van der Waals surface area contributed by atoms with Gasteiger partial charge < -0.3 is 9.84 Å². The average molecular weight is 289 g/mol. The molecule has 0 aromatic carbocycles. The second-order valence-electron chi connectivity index (χ2n) is 4.47. The Morgan fingerprint density at radius 2 is 2.42 bits per heavy atom. The van der Waals surface area contributed by atoms with Gasteiger partial charge >= 0.3 is 0 Å². The van der Waals surface area contributed by atoms with Gasteiger partial charge in [-0.25, -0.2) is 8.42 Å². The van der Waals surface area contributed by atoms with E-state index < -0.39 is 10.0 Å². The number of aromatic amines is 1. The first kappa shape index (κ1) is 14.4. The number of sulfonamides is 1. The van der Waals surface area contributed by atoms with Crippen molar-refractivity contribution in [1.29, 1.82) is 0 Å². The van der Waals surface area contributed by atoms with E-state index in [1.807, 2.05) is 6.92 Å². The SMILES string of the molecule is CCOC1CCCN(S(=O)(=O)c2[nH]ncc2CO)C1. The van der Waals surface area contributed by atoms with Crippen molar-refractivity contribution in [3.63, 3.8) is 0 Å². The van der Waals surface area contributed by atoms with Crippen LogP contribution in [0.25, 0.3) is 0 Å². The number of aliphatic hydroxyl groups excluding tert-OH is 1. The van der Waals surface area contributed by atoms with Crippen LogP contribution in [0.1, 0.15) is 25.3 Å². The molecule has 2 heterocycles. The maximum Gasteiger partial charge on any atom is 0.260 e. The zero-order chi connectivity index (χ0) is 13.9. The minimum Gasteiger partial charge on any atom is -0.392 e. The Hall–Kier alpha value is -0.960. The lowest BCUT2D eigenvalue weighted by atomic mass is 10.1. The van der Waals surface area contributed by atoms with Crippen molar-refractivity contribution in [2.75, 3.05) is 19.7 Å². The molecule has 0 bridgehead atoms. The topological polar surface area (TPSA) is 95.5 Å². The van der Waals surface area contributed by atoms with E-state index >= 15 is 0 Å². The molecule has 1 unspecified atom stereocenters. The van der Waals surface area contributed by atoms with Gasteiger partial charge in [-0.3, -0.25) is 5.10 Å². The highest BCUT2D eigenvalue weighted by atomic mass is 32.2. The average Bonchev–Trinajstić information content (AvgIpc) is 2.88. The molecule has 1 aliphatic heterocycles. The zero-order valence-corrected chi connectivity index (χ0v) is 11.7. The maximum atomic E-state index is 12.5. The number of aromatic nitrogens is 2. The second-order valence-corrected chi connectivity index (χ2v) is 6.34. The summed E-state index contributed by atoms with van der Waals surface area (Å²) in [6.07, 6.45) is 2.91. The number of rotatable bonds is 5. The van der Waals surface area contributed by atoms with Gasteiger partial charge in [-0.05, 0) is 19.8 Å². The molecule has 2 rings (SSSR count). The molecule has 1 atom stereocenters. The maximum absolute atomic E-state index is 12.5. The molecule has 0 amide bonds. The number of H-pyrrole nitrogens is 1. The van der Waals surface area contributed by atoms with Crippen LogP contribution in [-0.4, -0.2) is 53.8 Å². The van der Waals surface area contributed by atoms with E-state index in [-0.39, 0.29) is 17.7 Å². The van der Waals surface area contributed by atoms with E-state index in [0.29, 0.717) is 25.3 Å². The van der Waals surface area contributed by atoms with Crippen molar-refractivity contribution < 1.29 is 18.3 Å². The van der Waals surface area contributed by atoms with Crippen LogP contribution in [0.3, 0.4) is 0 Å². The monoisotopic (exact) mass is 289 g/mol. The summed E-state index contributed by atoms with van der Waals surface area (Å²) < 4.78 is 31.8. The van der Waals surface area contributed by atoms with E-state index in [1.165, 1.54) is 10.5 Å². The Labute approximate surface area is 112 Å². The largest absolute Gasteiger partial charge is 0.392 e. The first-order valence-electron chi connectivity index (χ1n) is 6.34. The molecule has 0 saturated carbocycles. The van der Waals surface area contributed by atoms with Gasteiger partial charge in [0.25, 0.3) is 10.0 Å². The van der Waals surface area contributed by atoms with Crippen molar-refractivity contribution in [2.45, 2.75) is 37.5 Å². The van der Waals surface area contributed by atoms with Gasteiger partial charge in [-0.2, -0.15) is 9.40 Å². The van der Waals surface area contributed by atoms with Gasteiger partial charge in [0.05, 0.1) is 18.9 Å². The molecule has 1 aromatic heterocycles. The molecule has 19 heavy (non-hydrogen) atoms. The summed E-state index contributed by atoms with van der Waals surface area (Å²) in [5.41, 5.74) is 0.290. The van der Waals surface area contributed by atoms with Crippen LogP contribution < -0.4 is 0 Å². The van der Waals surface area contributed by atoms with Crippen LogP contribution in [0.5, 0.6) is 0 Å². The summed E-state index contributed by atoms with van der Waals surface area (Å²) in [4.78, 5) is 0. The summed E-state index contributed by atoms with van der Waals surface area (Å²) in [6.45, 7) is 2.93. The summed E-state index contributed by atoms with van der Waals surface area (Å²) in [7, 11) is -3.64. The Morgan fingerprint density at radius 1 is 1.63 bits per heavy atom. The minimum atomic E-state index is -3.64. The second kappa shape index (κ2) is 6.00. The first-order valence-corrected chi connectivity index (χ1v) is 7.78. The highest BCUT2D eigenvalue weighted by Gasteiger charge is 2.33. The predicted octanol–water partition coefficient (Wildman–Crippen LogP) is 0.0916. The summed E-state index contributed by atoms with van der Waals surface area (Å²) >= 11 is 0. The summed E-state index contributed by atoms with van der Waals surface area (Å²) in [5, 5.41) is 15.3. The molecule has 7 nitrogen and oxygen atoms in total. The van der Waals surface area contributed by atoms with Crippen molar-refractivity contribution in [3.8, 4) is 0 Å². The lowest BCUT2D eigenvalue weighted by molar-refractivity contribution is 0.0264. The molecule has 0 spiro atoms. The van der Waals surface area contributed by atoms with Crippen LogP contribution in [0.4, 0.5) is 0 Å². The Morgan fingerprint density at radius 3 is 3.11 bits per heavy atom. The number of hydrogen-bond acceptors (Lipinski definition) is 5. The van der Waals surface area contributed by atoms with Crippen LogP contribution in [-0.2, 0) is 21.4 Å². The molecule has 0 radical (unpaired) electrons. The van der Waals surface area contributed by atoms with E-state index in [0.717, 1.165) is 12.8 Å². The molecule has 1 saturated heterocycles. The molecule has 8 heteroatoms. The third-order valence-electron chi connectivity index (χ3n) is 3.19. The van der Waals surface area contributed by atoms with E-state index in [1.54, 1.807) is 0 Å². The highest BCUT2D eigenvalue weighted by molar-refractivity contribution is 7.89. The fraction of sp³-hybridized carbons (Fsp3) is 0.727. The standard InChI is InChI=1S/C11H19N3O4S/c1-2-18-10-4-3-5-14(7-10)19(16,17)11-9(8-15)6-12-13-11/h6,10,15H,2-5,7-8H2,1H3,(H,12,13). The molecule has 0 aliphatic carbocycles. The van der Waals surface area contributed by atoms with Gasteiger partial charge in [-0.15, -0.1) is 0 Å². The molecular formula is C11H19N3O4S. The van der Waals surface area contributed by atoms with Crippen LogP contribution in [0.2, 0.25) is 0 Å². The fourth-order valence-electron chi connectivity index (χ4n) is 2.26. The van der Waals surface area contributed by atoms with E-state index in [9.17, 15) is 8.42 Å². The minimum absolute atomic E-state index is 0.0212. The molecule has 1 aromatic rings. The summed E-state index contributed by atoms with van der Waals surface area (Å²) in [5.74, 6) is 0. The van der Waals surface area contributed by atoms with Gasteiger partial charge in [-0.1, -0.05) is 0 Å². The quantitative estimate of drug-likeness (QED) is 0.801. The lowest BCUT2D eigenvalue weighted by Gasteiger charge is -2.31. The van der Waals surface area contributed by atoms with Gasteiger partial charge in [0.1, 0.15) is 0 Å². The normalized spacial score (nSPS) is 21.7. The molecular weight excluding hydrogens is 270 g/mol. The molecule has 108 valence electrons. The lowest BCUT2D eigenvalue weighted by Crippen LogP contribution is -2.43. The van der Waals surface area contributed by atoms with Gasteiger partial charge in [0.2, 0.25) is 0 Å². The number of nitrogens with one attached hydrogen (secondary N) is 1. The predicted molar refractivity (Wildman–Crippen MR) is 67.9 cm³/mol. The Bertz CT molecular complexity index is 512. The van der Waals surface area contributed by atoms with Gasteiger partial charge in [0.15, 0.2) is 5.03 Å². The molecule has 1 aliphatic rings. The number of nitrogens with zero attached hydrogens (tertiary/aromatic N) is 2. The number of piperidine rings is 1. The fourth-order valence-corrected chi connectivity index (χ4v) is 3.87. The molecule has 1 fully saturated rings. The van der Waals surface area contributed by atoms with Crippen molar-refractivity contribution >= 4 is 10.0 Å². The number of aliphatic hydroxyl groups is 1. The van der Waals surface area contributed by atoms with Crippen LogP contribution >= 0.6 is 0 Å². The van der Waals surface area contributed by atoms with Crippen molar-refractivity contribution in [2.24, 2.45) is 0 Å². The Kier molecular flexibility index (Phi) is 4.56. The smallest absolute Gasteiger partial charge is 0.260 e. The third kappa shape index (κ3) is 2.97. The van der Waals surface area contributed by atoms with Gasteiger partial charge in [0, 0.05) is 25.3 Å². The first-order chi connectivity index (χ1) is 9.09. The zero-order valence-electron chi connectivity index (χ0n) is 10.9. The highest BCUT2D eigenvalue weighted by Crippen LogP contribution is 2.22. The molecule has 2 N–H and O–H groups in total. The number of hydrogen-bond donors (Lipinski definition) is 2.